The number of rotatable bonds is 9. The highest BCUT2D eigenvalue weighted by Gasteiger charge is 2.14. The Morgan fingerprint density at radius 3 is 2.59 bits per heavy atom. The lowest BCUT2D eigenvalue weighted by Gasteiger charge is -2.13. The number of anilines is 1. The van der Waals surface area contributed by atoms with E-state index in [1.165, 1.54) is 0 Å². The molecular formula is C21H25BrN2O3. The van der Waals surface area contributed by atoms with Gasteiger partial charge in [-0.15, -0.1) is 0 Å². The van der Waals surface area contributed by atoms with Crippen molar-refractivity contribution in [2.24, 2.45) is 0 Å². The van der Waals surface area contributed by atoms with Gasteiger partial charge in [0.15, 0.2) is 0 Å². The monoisotopic (exact) mass is 432 g/mol. The Bertz CT molecular complexity index is 793. The van der Waals surface area contributed by atoms with E-state index in [2.05, 4.69) is 33.5 Å². The fourth-order valence-electron chi connectivity index (χ4n) is 2.41. The van der Waals surface area contributed by atoms with Gasteiger partial charge in [0, 0.05) is 22.3 Å². The Balaban J connectivity index is 2.15. The second-order valence-corrected chi connectivity index (χ2v) is 7.05. The molecule has 0 radical (unpaired) electrons. The summed E-state index contributed by atoms with van der Waals surface area (Å²) < 4.78 is 6.55. The van der Waals surface area contributed by atoms with Crippen molar-refractivity contribution >= 4 is 33.4 Å². The molecule has 0 unspecified atom stereocenters. The van der Waals surface area contributed by atoms with Crippen LogP contribution in [0, 0.1) is 0 Å². The summed E-state index contributed by atoms with van der Waals surface area (Å²) in [6.07, 6.45) is 2.81. The maximum Gasteiger partial charge on any atom is 0.259 e. The van der Waals surface area contributed by atoms with Crippen LogP contribution in [0.1, 0.15) is 53.8 Å². The molecule has 0 saturated heterocycles. The molecule has 5 nitrogen and oxygen atoms in total. The zero-order valence-electron chi connectivity index (χ0n) is 15.7. The lowest BCUT2D eigenvalue weighted by atomic mass is 10.1. The molecule has 144 valence electrons. The van der Waals surface area contributed by atoms with Gasteiger partial charge in [-0.1, -0.05) is 42.3 Å². The molecule has 0 aliphatic rings. The number of hydrogen-bond donors (Lipinski definition) is 2. The predicted octanol–water partition coefficient (Wildman–Crippen LogP) is 5.02. The van der Waals surface area contributed by atoms with Crippen LogP contribution in [0.25, 0.3) is 0 Å². The normalized spacial score (nSPS) is 10.3. The average molecular weight is 433 g/mol. The lowest BCUT2D eigenvalue weighted by molar-refractivity contribution is 0.0952. The smallest absolute Gasteiger partial charge is 0.259 e. The molecule has 27 heavy (non-hydrogen) atoms. The first-order valence-electron chi connectivity index (χ1n) is 9.17. The largest absolute Gasteiger partial charge is 0.493 e. The topological polar surface area (TPSA) is 67.4 Å². The van der Waals surface area contributed by atoms with Crippen LogP contribution in [-0.4, -0.2) is 25.0 Å². The zero-order chi connectivity index (χ0) is 19.6. The number of carbonyl (C=O) groups excluding carboxylic acids is 2. The van der Waals surface area contributed by atoms with Gasteiger partial charge in [0.25, 0.3) is 11.8 Å². The van der Waals surface area contributed by atoms with Crippen LogP contribution in [0.15, 0.2) is 46.9 Å². The van der Waals surface area contributed by atoms with Crippen LogP contribution in [0.4, 0.5) is 5.69 Å². The number of unbranched alkanes of at least 4 members (excludes halogenated alkanes) is 1. The van der Waals surface area contributed by atoms with E-state index in [0.717, 1.165) is 23.7 Å². The molecule has 0 atom stereocenters. The van der Waals surface area contributed by atoms with E-state index in [0.29, 0.717) is 35.7 Å². The first-order valence-corrected chi connectivity index (χ1v) is 9.96. The molecule has 0 aromatic heterocycles. The highest BCUT2D eigenvalue weighted by Crippen LogP contribution is 2.25. The molecule has 0 aliphatic heterocycles. The molecule has 0 fully saturated rings. The van der Waals surface area contributed by atoms with Gasteiger partial charge in [0.05, 0.1) is 12.2 Å². The molecule has 2 aromatic carbocycles. The van der Waals surface area contributed by atoms with Crippen LogP contribution in [0.2, 0.25) is 0 Å². The minimum atomic E-state index is -0.283. The van der Waals surface area contributed by atoms with Crippen molar-refractivity contribution < 1.29 is 14.3 Å². The van der Waals surface area contributed by atoms with Gasteiger partial charge >= 0.3 is 0 Å². The standard InChI is InChI=1S/C21H25BrN2O3/c1-3-5-12-27-19-10-9-16(22)14-18(19)21(26)24-17-8-6-7-15(13-17)20(25)23-11-4-2/h6-10,13-14H,3-5,11-12H2,1-2H3,(H,23,25)(H,24,26). The Morgan fingerprint density at radius 1 is 1.04 bits per heavy atom. The molecule has 2 rings (SSSR count). The molecule has 2 aromatic rings. The first-order chi connectivity index (χ1) is 13.0. The van der Waals surface area contributed by atoms with Gasteiger partial charge in [0.2, 0.25) is 0 Å². The second-order valence-electron chi connectivity index (χ2n) is 6.13. The number of hydrogen-bond acceptors (Lipinski definition) is 3. The van der Waals surface area contributed by atoms with Crippen molar-refractivity contribution in [1.29, 1.82) is 0 Å². The quantitative estimate of drug-likeness (QED) is 0.546. The highest BCUT2D eigenvalue weighted by molar-refractivity contribution is 9.10. The van der Waals surface area contributed by atoms with Crippen LogP contribution in [-0.2, 0) is 0 Å². The fourth-order valence-corrected chi connectivity index (χ4v) is 2.77. The van der Waals surface area contributed by atoms with E-state index < -0.39 is 0 Å². The molecule has 0 spiro atoms. The van der Waals surface area contributed by atoms with Gasteiger partial charge in [-0.05, 0) is 49.2 Å². The summed E-state index contributed by atoms with van der Waals surface area (Å²) in [7, 11) is 0. The number of amides is 2. The lowest BCUT2D eigenvalue weighted by Crippen LogP contribution is -2.24. The number of carbonyl (C=O) groups is 2. The van der Waals surface area contributed by atoms with Crippen molar-refractivity contribution in [3.63, 3.8) is 0 Å². The third-order valence-electron chi connectivity index (χ3n) is 3.86. The van der Waals surface area contributed by atoms with E-state index in [1.807, 2.05) is 13.0 Å². The van der Waals surface area contributed by atoms with E-state index >= 15 is 0 Å². The van der Waals surface area contributed by atoms with Crippen molar-refractivity contribution in [2.75, 3.05) is 18.5 Å². The third kappa shape index (κ3) is 6.40. The van der Waals surface area contributed by atoms with E-state index in [4.69, 9.17) is 4.74 Å². The summed E-state index contributed by atoms with van der Waals surface area (Å²) in [5, 5.41) is 5.68. The summed E-state index contributed by atoms with van der Waals surface area (Å²) in [4.78, 5) is 24.9. The molecular weight excluding hydrogens is 408 g/mol. The van der Waals surface area contributed by atoms with E-state index in [9.17, 15) is 9.59 Å². The summed E-state index contributed by atoms with van der Waals surface area (Å²) in [5.41, 5.74) is 1.51. The van der Waals surface area contributed by atoms with Crippen LogP contribution in [0.3, 0.4) is 0 Å². The summed E-state index contributed by atoms with van der Waals surface area (Å²) >= 11 is 3.40. The summed E-state index contributed by atoms with van der Waals surface area (Å²) in [6, 6.07) is 12.2. The van der Waals surface area contributed by atoms with Crippen molar-refractivity contribution in [1.82, 2.24) is 5.32 Å². The third-order valence-corrected chi connectivity index (χ3v) is 4.35. The number of benzene rings is 2. The van der Waals surface area contributed by atoms with Crippen molar-refractivity contribution in [2.45, 2.75) is 33.1 Å². The van der Waals surface area contributed by atoms with Crippen LogP contribution in [0.5, 0.6) is 5.75 Å². The Labute approximate surface area is 168 Å². The Hall–Kier alpha value is -2.34. The zero-order valence-corrected chi connectivity index (χ0v) is 17.3. The SMILES string of the molecule is CCCCOc1ccc(Br)cc1C(=O)Nc1cccc(C(=O)NCCC)c1. The molecule has 0 saturated carbocycles. The molecule has 2 amide bonds. The van der Waals surface area contributed by atoms with Gasteiger partial charge in [0.1, 0.15) is 5.75 Å². The fraction of sp³-hybridized carbons (Fsp3) is 0.333. The Morgan fingerprint density at radius 2 is 1.85 bits per heavy atom. The van der Waals surface area contributed by atoms with Crippen molar-refractivity contribution in [3.8, 4) is 5.75 Å². The average Bonchev–Trinajstić information content (AvgIpc) is 2.67. The molecule has 2 N–H and O–H groups in total. The minimum absolute atomic E-state index is 0.154. The molecule has 0 heterocycles. The van der Waals surface area contributed by atoms with Crippen molar-refractivity contribution in [3.05, 3.63) is 58.1 Å². The maximum atomic E-state index is 12.8. The van der Waals surface area contributed by atoms with Crippen LogP contribution >= 0.6 is 15.9 Å². The van der Waals surface area contributed by atoms with Gasteiger partial charge in [-0.2, -0.15) is 0 Å². The van der Waals surface area contributed by atoms with Gasteiger partial charge in [-0.3, -0.25) is 9.59 Å². The summed E-state index contributed by atoms with van der Waals surface area (Å²) in [6.45, 7) is 5.26. The Kier molecular flexibility index (Phi) is 8.33. The molecule has 0 bridgehead atoms. The number of nitrogens with one attached hydrogen (secondary N) is 2. The van der Waals surface area contributed by atoms with E-state index in [-0.39, 0.29) is 11.8 Å². The minimum Gasteiger partial charge on any atom is -0.493 e. The number of ether oxygens (including phenoxy) is 1. The van der Waals surface area contributed by atoms with Crippen LogP contribution < -0.4 is 15.4 Å². The predicted molar refractivity (Wildman–Crippen MR) is 112 cm³/mol. The van der Waals surface area contributed by atoms with E-state index in [1.54, 1.807) is 36.4 Å². The highest BCUT2D eigenvalue weighted by atomic mass is 79.9. The second kappa shape index (κ2) is 10.7. The van der Waals surface area contributed by atoms with Gasteiger partial charge < -0.3 is 15.4 Å². The van der Waals surface area contributed by atoms with Gasteiger partial charge in [-0.25, -0.2) is 0 Å². The maximum absolute atomic E-state index is 12.8. The number of halogens is 1. The summed E-state index contributed by atoms with van der Waals surface area (Å²) in [5.74, 6) is 0.105. The molecule has 0 aliphatic carbocycles. The first kappa shape index (κ1) is 21.0. The molecule has 6 heteroatoms.